The van der Waals surface area contributed by atoms with Crippen LogP contribution in [0.25, 0.3) is 0 Å². The van der Waals surface area contributed by atoms with Gasteiger partial charge in [0.15, 0.2) is 0 Å². The van der Waals surface area contributed by atoms with Crippen molar-refractivity contribution in [2.75, 3.05) is 26.2 Å². The zero-order valence-electron chi connectivity index (χ0n) is 20.4. The molecule has 5 aliphatic rings. The Hall–Kier alpha value is -0.600. The highest BCUT2D eigenvalue weighted by atomic mass is 15.2. The van der Waals surface area contributed by atoms with Crippen molar-refractivity contribution in [2.45, 2.75) is 96.6 Å². The molecule has 2 heteroatoms. The number of rotatable bonds is 2. The normalized spacial score (nSPS) is 44.5. The van der Waals surface area contributed by atoms with E-state index in [-0.39, 0.29) is 0 Å². The summed E-state index contributed by atoms with van der Waals surface area (Å²) in [6.07, 6.45) is 26.4. The molecule has 2 nitrogen and oxygen atoms in total. The van der Waals surface area contributed by atoms with E-state index < -0.39 is 0 Å². The molecule has 3 unspecified atom stereocenters. The zero-order chi connectivity index (χ0) is 21.2. The molecule has 0 radical (unpaired) electrons. The molecular formula is C29H48N2. The second-order valence-electron chi connectivity index (χ2n) is 11.6. The topological polar surface area (TPSA) is 6.48 Å². The van der Waals surface area contributed by atoms with E-state index in [9.17, 15) is 0 Å². The molecule has 4 aliphatic carbocycles. The minimum Gasteiger partial charge on any atom is -0.300 e. The first-order chi connectivity index (χ1) is 15.3. The molecule has 0 bridgehead atoms. The van der Waals surface area contributed by atoms with E-state index in [0.29, 0.717) is 0 Å². The first-order valence-corrected chi connectivity index (χ1v) is 14.1. The van der Waals surface area contributed by atoms with Gasteiger partial charge in [-0.1, -0.05) is 76.7 Å². The lowest BCUT2D eigenvalue weighted by Crippen LogP contribution is -2.42. The van der Waals surface area contributed by atoms with E-state index in [0.717, 1.165) is 47.6 Å². The summed E-state index contributed by atoms with van der Waals surface area (Å²) in [4.78, 5) is 5.77. The third kappa shape index (κ3) is 4.45. The fourth-order valence-electron chi connectivity index (χ4n) is 8.88. The van der Waals surface area contributed by atoms with Gasteiger partial charge in [0.05, 0.1) is 0 Å². The molecule has 1 heterocycles. The Morgan fingerprint density at radius 1 is 0.613 bits per heavy atom. The van der Waals surface area contributed by atoms with Crippen LogP contribution in [0.15, 0.2) is 24.3 Å². The molecule has 0 saturated heterocycles. The summed E-state index contributed by atoms with van der Waals surface area (Å²) in [7, 11) is 0. The molecule has 4 fully saturated rings. The summed E-state index contributed by atoms with van der Waals surface area (Å²) in [5, 5.41) is 0. The van der Waals surface area contributed by atoms with Gasteiger partial charge in [0, 0.05) is 12.1 Å². The van der Waals surface area contributed by atoms with Gasteiger partial charge in [-0.3, -0.25) is 0 Å². The summed E-state index contributed by atoms with van der Waals surface area (Å²) in [6.45, 7) is 9.89. The minimum atomic E-state index is 0.791. The van der Waals surface area contributed by atoms with Crippen molar-refractivity contribution in [3.8, 4) is 0 Å². The maximum absolute atomic E-state index is 2.88. The first-order valence-electron chi connectivity index (χ1n) is 14.1. The third-order valence-electron chi connectivity index (χ3n) is 10.3. The van der Waals surface area contributed by atoms with Gasteiger partial charge in [-0.25, -0.2) is 0 Å². The molecular weight excluding hydrogens is 376 g/mol. The number of hydrogen-bond donors (Lipinski definition) is 0. The first kappa shape index (κ1) is 22.2. The predicted molar refractivity (Wildman–Crippen MR) is 132 cm³/mol. The minimum absolute atomic E-state index is 0.791. The Kier molecular flexibility index (Phi) is 7.25. The summed E-state index contributed by atoms with van der Waals surface area (Å²) >= 11 is 0. The highest BCUT2D eigenvalue weighted by molar-refractivity contribution is 5.15. The molecule has 0 amide bonds. The Balaban J connectivity index is 1.41. The molecule has 0 aromatic carbocycles. The molecule has 0 aromatic rings. The Labute approximate surface area is 192 Å². The molecule has 0 aromatic heterocycles. The lowest BCUT2D eigenvalue weighted by Gasteiger charge is -2.35. The van der Waals surface area contributed by atoms with Crippen LogP contribution in [0.3, 0.4) is 0 Å². The van der Waals surface area contributed by atoms with E-state index in [1.165, 1.54) is 96.8 Å². The average Bonchev–Trinajstić information content (AvgIpc) is 3.35. The van der Waals surface area contributed by atoms with Crippen molar-refractivity contribution in [1.29, 1.82) is 0 Å². The van der Waals surface area contributed by atoms with Gasteiger partial charge in [-0.05, 0) is 93.8 Å². The SMILES string of the molecule is CCN1CCCN(CC)[C@H]2CC3CCCC[C@@H]3[C@H]2C=CC=C[C@@H]2C3CCCC[C@@H]3CC21. The Bertz CT molecular complexity index is 585. The van der Waals surface area contributed by atoms with Crippen LogP contribution in [0, 0.1) is 35.5 Å². The highest BCUT2D eigenvalue weighted by Gasteiger charge is 2.46. The van der Waals surface area contributed by atoms with Crippen molar-refractivity contribution in [3.63, 3.8) is 0 Å². The third-order valence-corrected chi connectivity index (χ3v) is 10.3. The van der Waals surface area contributed by atoms with Gasteiger partial charge in [-0.15, -0.1) is 0 Å². The van der Waals surface area contributed by atoms with Crippen molar-refractivity contribution >= 4 is 0 Å². The summed E-state index contributed by atoms with van der Waals surface area (Å²) < 4.78 is 0. The standard InChI is InChI=1S/C29H48N2/c1-3-30-18-11-19-31(4-2)29-21-23-13-6-8-15-25(23)27(29)17-10-9-16-26-24-14-7-5-12-22(24)20-28(26)30/h9-10,16-17,22-29H,3-8,11-15,18-21H2,1-2H3/t22-,23?,24?,25+,26-,27-,28?,29+/m1/s1. The molecule has 0 spiro atoms. The quantitative estimate of drug-likeness (QED) is 0.497. The molecule has 174 valence electrons. The van der Waals surface area contributed by atoms with Crippen molar-refractivity contribution < 1.29 is 0 Å². The van der Waals surface area contributed by atoms with E-state index in [2.05, 4.69) is 48.0 Å². The van der Waals surface area contributed by atoms with Crippen molar-refractivity contribution in [3.05, 3.63) is 24.3 Å². The smallest absolute Gasteiger partial charge is 0.0163 e. The fraction of sp³-hybridized carbons (Fsp3) is 0.862. The monoisotopic (exact) mass is 424 g/mol. The lowest BCUT2D eigenvalue weighted by atomic mass is 9.77. The van der Waals surface area contributed by atoms with Crippen LogP contribution >= 0.6 is 0 Å². The van der Waals surface area contributed by atoms with Gasteiger partial charge in [0.2, 0.25) is 0 Å². The van der Waals surface area contributed by atoms with Crippen LogP contribution < -0.4 is 0 Å². The summed E-state index contributed by atoms with van der Waals surface area (Å²) in [5.74, 6) is 5.48. The molecule has 8 atom stereocenters. The molecule has 0 N–H and O–H groups in total. The second-order valence-corrected chi connectivity index (χ2v) is 11.6. The van der Waals surface area contributed by atoms with Gasteiger partial charge >= 0.3 is 0 Å². The molecule has 1 aliphatic heterocycles. The van der Waals surface area contributed by atoms with Crippen LogP contribution in [-0.2, 0) is 0 Å². The van der Waals surface area contributed by atoms with E-state index >= 15 is 0 Å². The molecule has 5 rings (SSSR count). The van der Waals surface area contributed by atoms with Crippen molar-refractivity contribution in [2.24, 2.45) is 35.5 Å². The van der Waals surface area contributed by atoms with E-state index in [1.54, 1.807) is 0 Å². The summed E-state index contributed by atoms with van der Waals surface area (Å²) in [6, 6.07) is 1.58. The maximum Gasteiger partial charge on any atom is 0.0163 e. The summed E-state index contributed by atoms with van der Waals surface area (Å²) in [5.41, 5.74) is 0. The van der Waals surface area contributed by atoms with Crippen LogP contribution in [-0.4, -0.2) is 48.1 Å². The van der Waals surface area contributed by atoms with Crippen LogP contribution in [0.4, 0.5) is 0 Å². The van der Waals surface area contributed by atoms with Gasteiger partial charge in [-0.2, -0.15) is 0 Å². The second kappa shape index (κ2) is 10.1. The maximum atomic E-state index is 2.88. The molecule has 31 heavy (non-hydrogen) atoms. The zero-order valence-corrected chi connectivity index (χ0v) is 20.4. The highest BCUT2D eigenvalue weighted by Crippen LogP contribution is 2.50. The van der Waals surface area contributed by atoms with Crippen molar-refractivity contribution in [1.82, 2.24) is 9.80 Å². The van der Waals surface area contributed by atoms with Crippen LogP contribution in [0.5, 0.6) is 0 Å². The van der Waals surface area contributed by atoms with Gasteiger partial charge in [0.25, 0.3) is 0 Å². The predicted octanol–water partition coefficient (Wildman–Crippen LogP) is 6.54. The fourth-order valence-corrected chi connectivity index (χ4v) is 8.88. The molecule has 4 saturated carbocycles. The number of allylic oxidation sites excluding steroid dienone is 2. The Morgan fingerprint density at radius 2 is 1.06 bits per heavy atom. The Morgan fingerprint density at radius 3 is 1.52 bits per heavy atom. The number of fused-ring (bicyclic) bond motifs is 6. The number of hydrogen-bond acceptors (Lipinski definition) is 2. The lowest BCUT2D eigenvalue weighted by molar-refractivity contribution is 0.138. The van der Waals surface area contributed by atoms with Gasteiger partial charge in [0.1, 0.15) is 0 Å². The van der Waals surface area contributed by atoms with E-state index in [1.807, 2.05) is 0 Å². The number of nitrogens with zero attached hydrogens (tertiary/aromatic N) is 2. The average molecular weight is 425 g/mol. The largest absolute Gasteiger partial charge is 0.300 e. The van der Waals surface area contributed by atoms with Crippen LogP contribution in [0.1, 0.15) is 84.5 Å². The van der Waals surface area contributed by atoms with E-state index in [4.69, 9.17) is 0 Å². The van der Waals surface area contributed by atoms with Gasteiger partial charge < -0.3 is 9.80 Å². The van der Waals surface area contributed by atoms with Crippen LogP contribution in [0.2, 0.25) is 0 Å².